The Balaban J connectivity index is 1.56. The second kappa shape index (κ2) is 9.21. The number of halogens is 2. The zero-order valence-corrected chi connectivity index (χ0v) is 16.2. The molecule has 3 aromatic rings. The van der Waals surface area contributed by atoms with Crippen LogP contribution in [-0.4, -0.2) is 17.9 Å². The van der Waals surface area contributed by atoms with Gasteiger partial charge in [0.05, 0.1) is 0 Å². The van der Waals surface area contributed by atoms with Crippen LogP contribution in [0.25, 0.3) is 0 Å². The molecule has 3 aromatic carbocycles. The molecular weight excluding hydrogens is 395 g/mol. The highest BCUT2D eigenvalue weighted by atomic mass is 35.5. The fourth-order valence-electron chi connectivity index (χ4n) is 2.46. The first-order valence-corrected chi connectivity index (χ1v) is 9.18. The quantitative estimate of drug-likeness (QED) is 0.589. The van der Waals surface area contributed by atoms with Gasteiger partial charge in [-0.15, -0.1) is 0 Å². The second-order valence-corrected chi connectivity index (χ2v) is 6.68. The lowest BCUT2D eigenvalue weighted by molar-refractivity contribution is -0.122. The van der Waals surface area contributed by atoms with Gasteiger partial charge < -0.3 is 15.4 Å². The number of nitrogens with one attached hydrogen (secondary N) is 2. The fourth-order valence-corrected chi connectivity index (χ4v) is 2.58. The molecule has 2 amide bonds. The van der Waals surface area contributed by atoms with Gasteiger partial charge in [-0.2, -0.15) is 0 Å². The first kappa shape index (κ1) is 20.4. The summed E-state index contributed by atoms with van der Waals surface area (Å²) in [5.74, 6) is -0.593. The van der Waals surface area contributed by atoms with Gasteiger partial charge in [-0.05, 0) is 79.7 Å². The van der Waals surface area contributed by atoms with Crippen molar-refractivity contribution in [3.63, 3.8) is 0 Å². The van der Waals surface area contributed by atoms with E-state index in [-0.39, 0.29) is 17.6 Å². The van der Waals surface area contributed by atoms with E-state index in [4.69, 9.17) is 16.3 Å². The van der Waals surface area contributed by atoms with Crippen molar-refractivity contribution in [3.05, 3.63) is 89.2 Å². The first-order valence-electron chi connectivity index (χ1n) is 8.81. The van der Waals surface area contributed by atoms with E-state index in [1.165, 1.54) is 24.3 Å². The van der Waals surface area contributed by atoms with Crippen LogP contribution in [0.5, 0.6) is 5.75 Å². The van der Waals surface area contributed by atoms with Crippen LogP contribution in [0.4, 0.5) is 15.8 Å². The van der Waals surface area contributed by atoms with Crippen molar-refractivity contribution < 1.29 is 18.7 Å². The Labute approximate surface area is 172 Å². The number of anilines is 2. The van der Waals surface area contributed by atoms with Gasteiger partial charge in [-0.3, -0.25) is 9.59 Å². The molecule has 0 heterocycles. The van der Waals surface area contributed by atoms with Crippen LogP contribution in [0, 0.1) is 5.82 Å². The van der Waals surface area contributed by atoms with Crippen molar-refractivity contribution in [1.82, 2.24) is 0 Å². The highest BCUT2D eigenvalue weighted by Gasteiger charge is 2.15. The Kier molecular flexibility index (Phi) is 6.46. The minimum atomic E-state index is -0.784. The van der Waals surface area contributed by atoms with E-state index in [2.05, 4.69) is 10.6 Å². The maximum Gasteiger partial charge on any atom is 0.265 e. The summed E-state index contributed by atoms with van der Waals surface area (Å²) in [6.45, 7) is 1.60. The molecule has 3 rings (SSSR count). The van der Waals surface area contributed by atoms with Gasteiger partial charge in [-0.1, -0.05) is 11.6 Å². The summed E-state index contributed by atoms with van der Waals surface area (Å²) in [5.41, 5.74) is 1.54. The Morgan fingerprint density at radius 1 is 0.862 bits per heavy atom. The normalized spacial score (nSPS) is 11.4. The minimum absolute atomic E-state index is 0.277. The van der Waals surface area contributed by atoms with Gasteiger partial charge in [-0.25, -0.2) is 4.39 Å². The van der Waals surface area contributed by atoms with Crippen molar-refractivity contribution >= 4 is 34.8 Å². The lowest BCUT2D eigenvalue weighted by Crippen LogP contribution is -2.30. The molecule has 2 N–H and O–H groups in total. The fraction of sp³-hybridized carbons (Fsp3) is 0.0909. The van der Waals surface area contributed by atoms with Crippen LogP contribution < -0.4 is 15.4 Å². The largest absolute Gasteiger partial charge is 0.481 e. The molecule has 7 heteroatoms. The standard InChI is InChI=1S/C22H18ClFN2O3/c1-14(21(27)25-19-10-6-17(24)7-11-19)29-20-12-2-15(3-13-20)22(28)26-18-8-4-16(23)5-9-18/h2-14H,1H3,(H,25,27)(H,26,28)/t14-/m1/s1. The van der Waals surface area contributed by atoms with Gasteiger partial charge in [0.1, 0.15) is 11.6 Å². The molecule has 0 aliphatic rings. The summed E-state index contributed by atoms with van der Waals surface area (Å²) in [6, 6.07) is 18.7. The molecular formula is C22H18ClFN2O3. The molecule has 0 fully saturated rings. The topological polar surface area (TPSA) is 67.4 Å². The number of benzene rings is 3. The molecule has 5 nitrogen and oxygen atoms in total. The summed E-state index contributed by atoms with van der Waals surface area (Å²) in [6.07, 6.45) is -0.784. The van der Waals surface area contributed by atoms with E-state index in [0.29, 0.717) is 27.7 Å². The summed E-state index contributed by atoms with van der Waals surface area (Å²) >= 11 is 5.83. The summed E-state index contributed by atoms with van der Waals surface area (Å²) < 4.78 is 18.5. The molecule has 0 aliphatic carbocycles. The summed E-state index contributed by atoms with van der Waals surface area (Å²) in [7, 11) is 0. The average Bonchev–Trinajstić information content (AvgIpc) is 2.72. The van der Waals surface area contributed by atoms with Gasteiger partial charge in [0.2, 0.25) is 0 Å². The monoisotopic (exact) mass is 412 g/mol. The zero-order valence-electron chi connectivity index (χ0n) is 15.5. The van der Waals surface area contributed by atoms with Crippen LogP contribution in [0.15, 0.2) is 72.8 Å². The van der Waals surface area contributed by atoms with Crippen LogP contribution in [0.2, 0.25) is 5.02 Å². The SMILES string of the molecule is C[C@@H](Oc1ccc(C(=O)Nc2ccc(Cl)cc2)cc1)C(=O)Nc1ccc(F)cc1. The highest BCUT2D eigenvalue weighted by Crippen LogP contribution is 2.18. The number of hydrogen-bond acceptors (Lipinski definition) is 3. The molecule has 0 spiro atoms. The van der Waals surface area contributed by atoms with Crippen molar-refractivity contribution in [2.75, 3.05) is 10.6 Å². The van der Waals surface area contributed by atoms with E-state index in [1.54, 1.807) is 55.5 Å². The van der Waals surface area contributed by atoms with E-state index in [1.807, 2.05) is 0 Å². The molecule has 0 saturated heterocycles. The molecule has 0 aliphatic heterocycles. The molecule has 148 valence electrons. The minimum Gasteiger partial charge on any atom is -0.481 e. The van der Waals surface area contributed by atoms with E-state index in [0.717, 1.165) is 0 Å². The van der Waals surface area contributed by atoms with E-state index >= 15 is 0 Å². The van der Waals surface area contributed by atoms with Gasteiger partial charge in [0, 0.05) is 22.0 Å². The Hall–Kier alpha value is -3.38. The lowest BCUT2D eigenvalue weighted by Gasteiger charge is -2.15. The van der Waals surface area contributed by atoms with Crippen LogP contribution in [-0.2, 0) is 4.79 Å². The van der Waals surface area contributed by atoms with Gasteiger partial charge >= 0.3 is 0 Å². The third-order valence-corrected chi connectivity index (χ3v) is 4.26. The molecule has 1 atom stereocenters. The predicted molar refractivity (Wildman–Crippen MR) is 111 cm³/mol. The Bertz CT molecular complexity index is 990. The maximum absolute atomic E-state index is 12.9. The Morgan fingerprint density at radius 2 is 1.41 bits per heavy atom. The van der Waals surface area contributed by atoms with Crippen molar-refractivity contribution in [1.29, 1.82) is 0 Å². The number of carbonyl (C=O) groups is 2. The number of carbonyl (C=O) groups excluding carboxylic acids is 2. The van der Waals surface area contributed by atoms with E-state index in [9.17, 15) is 14.0 Å². The number of hydrogen-bond donors (Lipinski definition) is 2. The summed E-state index contributed by atoms with van der Waals surface area (Å²) in [4.78, 5) is 24.5. The lowest BCUT2D eigenvalue weighted by atomic mass is 10.2. The molecule has 0 saturated carbocycles. The van der Waals surface area contributed by atoms with Gasteiger partial charge in [0.25, 0.3) is 11.8 Å². The first-order chi connectivity index (χ1) is 13.9. The number of amides is 2. The third-order valence-electron chi connectivity index (χ3n) is 4.01. The second-order valence-electron chi connectivity index (χ2n) is 6.24. The van der Waals surface area contributed by atoms with E-state index < -0.39 is 6.10 Å². The maximum atomic E-state index is 12.9. The van der Waals surface area contributed by atoms with Crippen LogP contribution in [0.1, 0.15) is 17.3 Å². The Morgan fingerprint density at radius 3 is 2.03 bits per heavy atom. The predicted octanol–water partition coefficient (Wildman–Crippen LogP) is 5.14. The smallest absolute Gasteiger partial charge is 0.265 e. The molecule has 29 heavy (non-hydrogen) atoms. The molecule has 0 bridgehead atoms. The molecule has 0 radical (unpaired) electrons. The highest BCUT2D eigenvalue weighted by molar-refractivity contribution is 6.30. The van der Waals surface area contributed by atoms with Crippen molar-refractivity contribution in [2.45, 2.75) is 13.0 Å². The zero-order chi connectivity index (χ0) is 20.8. The third kappa shape index (κ3) is 5.80. The molecule has 0 unspecified atom stereocenters. The van der Waals surface area contributed by atoms with Crippen LogP contribution in [0.3, 0.4) is 0 Å². The van der Waals surface area contributed by atoms with Crippen molar-refractivity contribution in [3.8, 4) is 5.75 Å². The summed E-state index contributed by atoms with van der Waals surface area (Å²) in [5, 5.41) is 6.00. The average molecular weight is 413 g/mol. The number of rotatable bonds is 6. The van der Waals surface area contributed by atoms with Crippen LogP contribution >= 0.6 is 11.6 Å². The number of ether oxygens (including phenoxy) is 1. The molecule has 0 aromatic heterocycles. The van der Waals surface area contributed by atoms with Gasteiger partial charge in [0.15, 0.2) is 6.10 Å². The van der Waals surface area contributed by atoms with Crippen molar-refractivity contribution in [2.24, 2.45) is 0 Å².